The predicted octanol–water partition coefficient (Wildman–Crippen LogP) is 3.59. The highest BCUT2D eigenvalue weighted by Crippen LogP contribution is 2.39. The van der Waals surface area contributed by atoms with Crippen molar-refractivity contribution in [2.24, 2.45) is 0 Å². The van der Waals surface area contributed by atoms with E-state index in [1.807, 2.05) is 43.3 Å². The molecule has 2 aliphatic rings. The van der Waals surface area contributed by atoms with Crippen LogP contribution in [0.2, 0.25) is 0 Å². The third-order valence-electron chi connectivity index (χ3n) is 5.56. The number of nitrogens with one attached hydrogen (secondary N) is 1. The van der Waals surface area contributed by atoms with Gasteiger partial charge < -0.3 is 9.64 Å². The van der Waals surface area contributed by atoms with Gasteiger partial charge in [0.1, 0.15) is 11.3 Å². The lowest BCUT2D eigenvalue weighted by Gasteiger charge is -2.23. The van der Waals surface area contributed by atoms with E-state index in [0.717, 1.165) is 48.4 Å². The van der Waals surface area contributed by atoms with Crippen molar-refractivity contribution in [3.8, 4) is 16.9 Å². The van der Waals surface area contributed by atoms with E-state index in [-0.39, 0.29) is 29.9 Å². The molecule has 1 aromatic carbocycles. The molecular weight excluding hydrogens is 362 g/mol. The first-order chi connectivity index (χ1) is 12.6. The van der Waals surface area contributed by atoms with Crippen molar-refractivity contribution in [1.29, 1.82) is 0 Å². The second-order valence-electron chi connectivity index (χ2n) is 7.22. The first-order valence-electron chi connectivity index (χ1n) is 9.34. The van der Waals surface area contributed by atoms with Gasteiger partial charge in [-0.2, -0.15) is 0 Å². The summed E-state index contributed by atoms with van der Waals surface area (Å²) in [5.41, 5.74) is 2.85. The minimum atomic E-state index is -0.383. The molecule has 1 N–H and O–H groups in total. The van der Waals surface area contributed by atoms with Crippen LogP contribution in [0.15, 0.2) is 42.6 Å². The molecule has 1 aromatic heterocycles. The molecule has 2 fully saturated rings. The number of ether oxygens (including phenoxy) is 1. The number of carbonyl (C=O) groups is 1. The molecule has 6 heteroatoms. The van der Waals surface area contributed by atoms with Gasteiger partial charge in [-0.15, -0.1) is 12.4 Å². The number of aromatic nitrogens is 1. The van der Waals surface area contributed by atoms with Crippen LogP contribution in [0, 0.1) is 0 Å². The molecule has 1 spiro atoms. The zero-order valence-electron chi connectivity index (χ0n) is 15.8. The first-order valence-corrected chi connectivity index (χ1v) is 9.34. The van der Waals surface area contributed by atoms with Crippen molar-refractivity contribution in [3.63, 3.8) is 0 Å². The van der Waals surface area contributed by atoms with Crippen molar-refractivity contribution >= 4 is 18.3 Å². The van der Waals surface area contributed by atoms with Crippen LogP contribution < -0.4 is 10.1 Å². The van der Waals surface area contributed by atoms with Crippen LogP contribution in [0.25, 0.3) is 11.1 Å². The van der Waals surface area contributed by atoms with E-state index in [1.54, 1.807) is 0 Å². The van der Waals surface area contributed by atoms with Gasteiger partial charge in [0, 0.05) is 19.8 Å². The van der Waals surface area contributed by atoms with Crippen molar-refractivity contribution in [2.45, 2.75) is 37.8 Å². The zero-order valence-corrected chi connectivity index (χ0v) is 16.6. The third kappa shape index (κ3) is 3.66. The lowest BCUT2D eigenvalue weighted by molar-refractivity contribution is -0.131. The average molecular weight is 388 g/mol. The van der Waals surface area contributed by atoms with Gasteiger partial charge >= 0.3 is 0 Å². The summed E-state index contributed by atoms with van der Waals surface area (Å²) in [6, 6.07) is 12.4. The zero-order chi connectivity index (χ0) is 18.1. The fourth-order valence-electron chi connectivity index (χ4n) is 4.14. The number of likely N-dealkylation sites (N-methyl/N-ethyl adjacent to an activating group) is 1. The fourth-order valence-corrected chi connectivity index (χ4v) is 4.14. The average Bonchev–Trinajstić information content (AvgIpc) is 3.22. The molecular formula is C21H26ClN3O2. The standard InChI is InChI=1S/C21H25N3O2.ClH/c1-3-26-17-6-4-5-15(13-17)16-8-11-22-19(14-16)18-7-9-21(23-18)10-12-24(2)20(21)25;/h4-6,8,11,13-14,18,23H,3,7,9-10,12H2,1-2H3;1H/t18-,21-;/m1./s1. The van der Waals surface area contributed by atoms with E-state index in [1.165, 1.54) is 0 Å². The molecule has 0 aliphatic carbocycles. The monoisotopic (exact) mass is 387 g/mol. The molecule has 3 heterocycles. The topological polar surface area (TPSA) is 54.5 Å². The molecule has 1 amide bonds. The summed E-state index contributed by atoms with van der Waals surface area (Å²) < 4.78 is 5.61. The smallest absolute Gasteiger partial charge is 0.242 e. The molecule has 27 heavy (non-hydrogen) atoms. The fraction of sp³-hybridized carbons (Fsp3) is 0.429. The second-order valence-corrected chi connectivity index (χ2v) is 7.22. The highest BCUT2D eigenvalue weighted by Gasteiger charge is 2.50. The number of pyridine rings is 1. The summed E-state index contributed by atoms with van der Waals surface area (Å²) in [5, 5.41) is 3.59. The number of hydrogen-bond donors (Lipinski definition) is 1. The Hall–Kier alpha value is -2.11. The number of rotatable bonds is 4. The largest absolute Gasteiger partial charge is 0.494 e. The number of amides is 1. The van der Waals surface area contributed by atoms with Crippen LogP contribution in [-0.2, 0) is 4.79 Å². The highest BCUT2D eigenvalue weighted by molar-refractivity contribution is 5.88. The number of carbonyl (C=O) groups excluding carboxylic acids is 1. The number of likely N-dealkylation sites (tertiary alicyclic amines) is 1. The Balaban J connectivity index is 0.00000210. The lowest BCUT2D eigenvalue weighted by atomic mass is 9.96. The Labute approximate surface area is 166 Å². The first kappa shape index (κ1) is 19.6. The van der Waals surface area contributed by atoms with Crippen molar-refractivity contribution in [2.75, 3.05) is 20.2 Å². The summed E-state index contributed by atoms with van der Waals surface area (Å²) in [5.74, 6) is 1.10. The van der Waals surface area contributed by atoms with Gasteiger partial charge in [0.25, 0.3) is 0 Å². The molecule has 0 unspecified atom stereocenters. The van der Waals surface area contributed by atoms with Crippen LogP contribution in [-0.4, -0.2) is 41.5 Å². The number of halogens is 1. The van der Waals surface area contributed by atoms with Gasteiger partial charge in [0.05, 0.1) is 18.3 Å². The summed E-state index contributed by atoms with van der Waals surface area (Å²) in [7, 11) is 1.89. The lowest BCUT2D eigenvalue weighted by Crippen LogP contribution is -2.47. The molecule has 2 atom stereocenters. The van der Waals surface area contributed by atoms with Gasteiger partial charge in [-0.05, 0) is 61.6 Å². The normalized spacial score (nSPS) is 24.3. The van der Waals surface area contributed by atoms with Gasteiger partial charge in [-0.3, -0.25) is 15.1 Å². The summed E-state index contributed by atoms with van der Waals surface area (Å²) in [6.07, 6.45) is 4.56. The maximum atomic E-state index is 12.5. The number of hydrogen-bond acceptors (Lipinski definition) is 4. The van der Waals surface area contributed by atoms with Crippen LogP contribution in [0.4, 0.5) is 0 Å². The van der Waals surface area contributed by atoms with E-state index in [2.05, 4.69) is 28.5 Å². The maximum Gasteiger partial charge on any atom is 0.242 e. The summed E-state index contributed by atoms with van der Waals surface area (Å²) in [6.45, 7) is 3.47. The summed E-state index contributed by atoms with van der Waals surface area (Å²) in [4.78, 5) is 18.9. The molecule has 4 rings (SSSR count). The second kappa shape index (κ2) is 7.87. The molecule has 2 saturated heterocycles. The quantitative estimate of drug-likeness (QED) is 0.870. The molecule has 0 radical (unpaired) electrons. The molecule has 144 valence electrons. The molecule has 0 saturated carbocycles. The molecule has 5 nitrogen and oxygen atoms in total. The minimum absolute atomic E-state index is 0. The van der Waals surface area contributed by atoms with Crippen LogP contribution in [0.1, 0.15) is 37.9 Å². The predicted molar refractivity (Wildman–Crippen MR) is 108 cm³/mol. The van der Waals surface area contributed by atoms with Crippen LogP contribution in [0.5, 0.6) is 5.75 Å². The summed E-state index contributed by atoms with van der Waals surface area (Å²) >= 11 is 0. The van der Waals surface area contributed by atoms with E-state index >= 15 is 0 Å². The Morgan fingerprint density at radius 3 is 2.81 bits per heavy atom. The van der Waals surface area contributed by atoms with E-state index < -0.39 is 0 Å². The van der Waals surface area contributed by atoms with E-state index in [9.17, 15) is 4.79 Å². The van der Waals surface area contributed by atoms with E-state index in [0.29, 0.717) is 6.61 Å². The van der Waals surface area contributed by atoms with Gasteiger partial charge in [0.15, 0.2) is 0 Å². The highest BCUT2D eigenvalue weighted by atomic mass is 35.5. The van der Waals surface area contributed by atoms with Crippen molar-refractivity contribution < 1.29 is 9.53 Å². The van der Waals surface area contributed by atoms with Crippen LogP contribution in [0.3, 0.4) is 0 Å². The van der Waals surface area contributed by atoms with E-state index in [4.69, 9.17) is 4.74 Å². The van der Waals surface area contributed by atoms with Gasteiger partial charge in [0.2, 0.25) is 5.91 Å². The van der Waals surface area contributed by atoms with Crippen LogP contribution >= 0.6 is 12.4 Å². The van der Waals surface area contributed by atoms with Crippen molar-refractivity contribution in [3.05, 3.63) is 48.3 Å². The maximum absolute atomic E-state index is 12.5. The Bertz CT molecular complexity index is 829. The third-order valence-corrected chi connectivity index (χ3v) is 5.56. The van der Waals surface area contributed by atoms with Crippen molar-refractivity contribution in [1.82, 2.24) is 15.2 Å². The van der Waals surface area contributed by atoms with Gasteiger partial charge in [-0.1, -0.05) is 12.1 Å². The van der Waals surface area contributed by atoms with Gasteiger partial charge in [-0.25, -0.2) is 0 Å². The molecule has 2 aliphatic heterocycles. The minimum Gasteiger partial charge on any atom is -0.494 e. The molecule has 2 aromatic rings. The number of benzene rings is 1. The Morgan fingerprint density at radius 1 is 1.26 bits per heavy atom. The Kier molecular flexibility index (Phi) is 5.72. The Morgan fingerprint density at radius 2 is 2.07 bits per heavy atom. The SMILES string of the molecule is CCOc1cccc(-c2ccnc([C@H]3CC[C@]4(CCN(C)C4=O)N3)c2)c1.Cl. The number of nitrogens with zero attached hydrogens (tertiary/aromatic N) is 2. The molecule has 0 bridgehead atoms.